The number of hydrogen-bond donors (Lipinski definition) is 0. The summed E-state index contributed by atoms with van der Waals surface area (Å²) in [4.78, 5) is 13.4. The highest BCUT2D eigenvalue weighted by Gasteiger charge is 2.43. The van der Waals surface area contributed by atoms with E-state index in [0.29, 0.717) is 11.3 Å². The van der Waals surface area contributed by atoms with Crippen molar-refractivity contribution in [2.45, 2.75) is 26.4 Å². The molecule has 3 aliphatic rings. The molecular formula is C23H18O3. The molecule has 0 unspecified atom stereocenters. The third kappa shape index (κ3) is 1.97. The summed E-state index contributed by atoms with van der Waals surface area (Å²) in [6, 6.07) is 15.7. The van der Waals surface area contributed by atoms with Crippen LogP contribution in [0.3, 0.4) is 0 Å². The van der Waals surface area contributed by atoms with Gasteiger partial charge in [-0.15, -0.1) is 0 Å². The molecule has 128 valence electrons. The quantitative estimate of drug-likeness (QED) is 0.736. The van der Waals surface area contributed by atoms with E-state index in [2.05, 4.69) is 6.92 Å². The van der Waals surface area contributed by atoms with E-state index in [9.17, 15) is 4.79 Å². The number of benzene rings is 2. The van der Waals surface area contributed by atoms with Crippen LogP contribution in [0.5, 0.6) is 11.5 Å². The second kappa shape index (κ2) is 5.46. The molecule has 1 atom stereocenters. The van der Waals surface area contributed by atoms with Gasteiger partial charge < -0.3 is 9.47 Å². The lowest BCUT2D eigenvalue weighted by molar-refractivity contribution is -0.113. The molecule has 26 heavy (non-hydrogen) atoms. The Kier molecular flexibility index (Phi) is 3.20. The Balaban J connectivity index is 1.78. The van der Waals surface area contributed by atoms with E-state index in [-0.39, 0.29) is 11.9 Å². The largest absolute Gasteiger partial charge is 0.480 e. The number of ketones is 1. The molecule has 3 heteroatoms. The lowest BCUT2D eigenvalue weighted by atomic mass is 9.78. The van der Waals surface area contributed by atoms with Gasteiger partial charge >= 0.3 is 0 Å². The fourth-order valence-electron chi connectivity index (χ4n) is 4.04. The molecule has 5 rings (SSSR count). The normalized spacial score (nSPS) is 20.3. The Hall–Kier alpha value is -3.07. The number of allylic oxidation sites excluding steroid dienone is 2. The van der Waals surface area contributed by atoms with Gasteiger partial charge in [-0.2, -0.15) is 0 Å². The molecule has 0 N–H and O–H groups in total. The highest BCUT2D eigenvalue weighted by molar-refractivity contribution is 6.20. The highest BCUT2D eigenvalue weighted by atomic mass is 16.5. The molecule has 3 nitrogen and oxygen atoms in total. The minimum absolute atomic E-state index is 0.00343. The molecule has 0 saturated carbocycles. The molecule has 0 saturated heterocycles. The minimum atomic E-state index is -0.375. The van der Waals surface area contributed by atoms with Crippen LogP contribution in [-0.2, 0) is 4.79 Å². The lowest BCUT2D eigenvalue weighted by Gasteiger charge is -2.37. The van der Waals surface area contributed by atoms with E-state index < -0.39 is 0 Å². The van der Waals surface area contributed by atoms with Crippen LogP contribution in [0.1, 0.15) is 31.4 Å². The maximum Gasteiger partial charge on any atom is 0.197 e. The van der Waals surface area contributed by atoms with Crippen molar-refractivity contribution in [3.63, 3.8) is 0 Å². The molecule has 2 aromatic rings. The smallest absolute Gasteiger partial charge is 0.197 e. The van der Waals surface area contributed by atoms with Gasteiger partial charge in [-0.3, -0.25) is 4.79 Å². The van der Waals surface area contributed by atoms with E-state index >= 15 is 0 Å². The van der Waals surface area contributed by atoms with Gasteiger partial charge in [0.05, 0.1) is 5.57 Å². The molecule has 2 aliphatic heterocycles. The van der Waals surface area contributed by atoms with Crippen molar-refractivity contribution in [2.75, 3.05) is 0 Å². The first-order valence-corrected chi connectivity index (χ1v) is 8.92. The monoisotopic (exact) mass is 342 g/mol. The first kappa shape index (κ1) is 15.2. The first-order valence-electron chi connectivity index (χ1n) is 8.92. The second-order valence-electron chi connectivity index (χ2n) is 6.77. The fourth-order valence-corrected chi connectivity index (χ4v) is 4.04. The minimum Gasteiger partial charge on any atom is -0.480 e. The summed E-state index contributed by atoms with van der Waals surface area (Å²) < 4.78 is 12.4. The number of fused-ring (bicyclic) bond motifs is 4. The van der Waals surface area contributed by atoms with Gasteiger partial charge in [-0.25, -0.2) is 0 Å². The Labute approximate surface area is 152 Å². The summed E-state index contributed by atoms with van der Waals surface area (Å²) in [5, 5.41) is 0. The molecule has 0 radical (unpaired) electrons. The van der Waals surface area contributed by atoms with Crippen LogP contribution < -0.4 is 9.47 Å². The van der Waals surface area contributed by atoms with Crippen molar-refractivity contribution in [1.29, 1.82) is 0 Å². The zero-order chi connectivity index (χ0) is 17.8. The Morgan fingerprint density at radius 2 is 1.73 bits per heavy atom. The van der Waals surface area contributed by atoms with Crippen LogP contribution >= 0.6 is 0 Å². The number of para-hydroxylation sites is 2. The Morgan fingerprint density at radius 1 is 1.00 bits per heavy atom. The summed E-state index contributed by atoms with van der Waals surface area (Å²) in [5.74, 6) is 2.27. The summed E-state index contributed by atoms with van der Waals surface area (Å²) in [6.45, 7) is 4.09. The predicted octanol–water partition coefficient (Wildman–Crippen LogP) is 4.94. The van der Waals surface area contributed by atoms with E-state index in [1.807, 2.05) is 61.5 Å². The SMILES string of the molecule is CCC1=C2Oc3ccccc3C=C2C(=O)C2=C(C)c3ccccc3O[C@H]12. The van der Waals surface area contributed by atoms with Crippen molar-refractivity contribution in [3.05, 3.63) is 82.1 Å². The molecule has 2 heterocycles. The van der Waals surface area contributed by atoms with Crippen molar-refractivity contribution in [3.8, 4) is 11.5 Å². The van der Waals surface area contributed by atoms with Crippen molar-refractivity contribution in [2.24, 2.45) is 0 Å². The maximum atomic E-state index is 13.4. The van der Waals surface area contributed by atoms with Gasteiger partial charge in [0.2, 0.25) is 0 Å². The standard InChI is InChI=1S/C23H18O3/c1-3-15-22-17(12-14-8-4-6-10-18(14)25-22)21(24)20-13(2)16-9-5-7-11-19(16)26-23(15)20/h4-12,23H,3H2,1-2H3/t23-/m1/s1. The van der Waals surface area contributed by atoms with Crippen LogP contribution in [0.25, 0.3) is 11.6 Å². The van der Waals surface area contributed by atoms with Crippen LogP contribution in [-0.4, -0.2) is 11.9 Å². The van der Waals surface area contributed by atoms with Crippen LogP contribution in [0.15, 0.2) is 71.0 Å². The van der Waals surface area contributed by atoms with Gasteiger partial charge in [0.15, 0.2) is 11.9 Å². The summed E-state index contributed by atoms with van der Waals surface area (Å²) >= 11 is 0. The zero-order valence-electron chi connectivity index (χ0n) is 14.7. The fraction of sp³-hybridized carbons (Fsp3) is 0.174. The molecule has 0 fully saturated rings. The van der Waals surface area contributed by atoms with Gasteiger partial charge in [0.1, 0.15) is 17.3 Å². The second-order valence-corrected chi connectivity index (χ2v) is 6.77. The molecule has 2 aromatic carbocycles. The molecule has 0 amide bonds. The molecule has 0 aromatic heterocycles. The number of Topliss-reactive ketones (excluding diaryl/α,β-unsaturated/α-hetero) is 1. The van der Waals surface area contributed by atoms with Crippen LogP contribution in [0.2, 0.25) is 0 Å². The van der Waals surface area contributed by atoms with E-state index in [1.54, 1.807) is 0 Å². The Morgan fingerprint density at radius 3 is 2.54 bits per heavy atom. The number of hydrogen-bond acceptors (Lipinski definition) is 3. The van der Waals surface area contributed by atoms with Crippen LogP contribution in [0.4, 0.5) is 0 Å². The molecule has 0 bridgehead atoms. The predicted molar refractivity (Wildman–Crippen MR) is 101 cm³/mol. The average Bonchev–Trinajstić information content (AvgIpc) is 2.67. The molecule has 1 aliphatic carbocycles. The van der Waals surface area contributed by atoms with E-state index in [4.69, 9.17) is 9.47 Å². The van der Waals surface area contributed by atoms with Crippen LogP contribution in [0, 0.1) is 0 Å². The number of rotatable bonds is 1. The third-order valence-electron chi connectivity index (χ3n) is 5.36. The van der Waals surface area contributed by atoms with Gasteiger partial charge in [-0.05, 0) is 37.1 Å². The lowest BCUT2D eigenvalue weighted by Crippen LogP contribution is -2.38. The van der Waals surface area contributed by atoms with Gasteiger partial charge in [0.25, 0.3) is 0 Å². The third-order valence-corrected chi connectivity index (χ3v) is 5.36. The first-order chi connectivity index (χ1) is 12.7. The molecular weight excluding hydrogens is 324 g/mol. The van der Waals surface area contributed by atoms with E-state index in [1.165, 1.54) is 0 Å². The van der Waals surface area contributed by atoms with E-state index in [0.717, 1.165) is 45.8 Å². The zero-order valence-corrected chi connectivity index (χ0v) is 14.7. The van der Waals surface area contributed by atoms with Crippen molar-refractivity contribution >= 4 is 17.4 Å². The van der Waals surface area contributed by atoms with Crippen molar-refractivity contribution in [1.82, 2.24) is 0 Å². The summed E-state index contributed by atoms with van der Waals surface area (Å²) in [6.07, 6.45) is 2.33. The topological polar surface area (TPSA) is 35.5 Å². The number of carbonyl (C=O) groups is 1. The highest BCUT2D eigenvalue weighted by Crippen LogP contribution is 2.46. The Bertz CT molecular complexity index is 1050. The molecule has 0 spiro atoms. The van der Waals surface area contributed by atoms with Gasteiger partial charge in [-0.1, -0.05) is 43.3 Å². The summed E-state index contributed by atoms with van der Waals surface area (Å²) in [5.41, 5.74) is 5.31. The number of ether oxygens (including phenoxy) is 2. The summed E-state index contributed by atoms with van der Waals surface area (Å²) in [7, 11) is 0. The number of carbonyl (C=O) groups excluding carboxylic acids is 1. The maximum absolute atomic E-state index is 13.4. The van der Waals surface area contributed by atoms with Gasteiger partial charge in [0, 0.05) is 22.3 Å². The average molecular weight is 342 g/mol. The van der Waals surface area contributed by atoms with Crippen molar-refractivity contribution < 1.29 is 14.3 Å².